The minimum atomic E-state index is -0.250. The molecule has 0 fully saturated rings. The van der Waals surface area contributed by atoms with E-state index in [1.807, 2.05) is 26.0 Å². The molecular formula is C16H18ClN3O2S. The van der Waals surface area contributed by atoms with Gasteiger partial charge in [0.2, 0.25) is 5.91 Å². The number of thiazole rings is 1. The number of hydrogen-bond acceptors (Lipinski definition) is 4. The van der Waals surface area contributed by atoms with Crippen molar-refractivity contribution < 1.29 is 9.59 Å². The summed E-state index contributed by atoms with van der Waals surface area (Å²) in [5.74, 6) is -0.343. The Morgan fingerprint density at radius 2 is 1.83 bits per heavy atom. The number of amides is 2. The summed E-state index contributed by atoms with van der Waals surface area (Å²) in [4.78, 5) is 27.7. The van der Waals surface area contributed by atoms with E-state index < -0.39 is 0 Å². The molecule has 0 aliphatic carbocycles. The molecule has 0 aliphatic heterocycles. The number of halogens is 1. The highest BCUT2D eigenvalue weighted by Crippen LogP contribution is 2.24. The Kier molecular flexibility index (Phi) is 6.12. The van der Waals surface area contributed by atoms with Crippen LogP contribution in [0.25, 0.3) is 10.6 Å². The summed E-state index contributed by atoms with van der Waals surface area (Å²) >= 11 is 7.26. The molecule has 0 aliphatic rings. The van der Waals surface area contributed by atoms with Gasteiger partial charge in [-0.1, -0.05) is 37.6 Å². The highest BCUT2D eigenvalue weighted by Gasteiger charge is 2.12. The van der Waals surface area contributed by atoms with Crippen LogP contribution in [0, 0.1) is 5.92 Å². The van der Waals surface area contributed by atoms with Gasteiger partial charge in [0.15, 0.2) is 0 Å². The maximum Gasteiger partial charge on any atom is 0.270 e. The SMILES string of the molecule is CC(C)C(=O)NCCNC(=O)c1csc(-c2ccc(Cl)cc2)n1. The average Bonchev–Trinajstić information content (AvgIpc) is 3.01. The quantitative estimate of drug-likeness (QED) is 0.786. The Labute approximate surface area is 144 Å². The maximum absolute atomic E-state index is 12.0. The molecule has 7 heteroatoms. The topological polar surface area (TPSA) is 71.1 Å². The molecule has 122 valence electrons. The summed E-state index contributed by atoms with van der Waals surface area (Å²) in [5, 5.41) is 8.61. The number of hydrogen-bond donors (Lipinski definition) is 2. The van der Waals surface area contributed by atoms with Crippen LogP contribution in [-0.2, 0) is 4.79 Å². The van der Waals surface area contributed by atoms with Crippen molar-refractivity contribution in [2.45, 2.75) is 13.8 Å². The third-order valence-electron chi connectivity index (χ3n) is 3.06. The second-order valence-corrected chi connectivity index (χ2v) is 6.54. The monoisotopic (exact) mass is 351 g/mol. The van der Waals surface area contributed by atoms with Crippen molar-refractivity contribution in [1.29, 1.82) is 0 Å². The molecule has 2 amide bonds. The van der Waals surface area contributed by atoms with Crippen LogP contribution in [0.5, 0.6) is 0 Å². The van der Waals surface area contributed by atoms with Gasteiger partial charge in [0, 0.05) is 35.0 Å². The van der Waals surface area contributed by atoms with E-state index >= 15 is 0 Å². The molecule has 2 rings (SSSR count). The van der Waals surface area contributed by atoms with Crippen LogP contribution in [0.4, 0.5) is 0 Å². The fourth-order valence-electron chi connectivity index (χ4n) is 1.76. The van der Waals surface area contributed by atoms with E-state index in [1.54, 1.807) is 17.5 Å². The highest BCUT2D eigenvalue weighted by atomic mass is 35.5. The van der Waals surface area contributed by atoms with Crippen LogP contribution in [-0.4, -0.2) is 29.9 Å². The molecule has 5 nitrogen and oxygen atoms in total. The number of nitrogens with one attached hydrogen (secondary N) is 2. The Morgan fingerprint density at radius 1 is 1.17 bits per heavy atom. The predicted molar refractivity (Wildman–Crippen MR) is 92.7 cm³/mol. The zero-order chi connectivity index (χ0) is 16.8. The lowest BCUT2D eigenvalue weighted by Crippen LogP contribution is -2.36. The molecule has 1 heterocycles. The molecular weight excluding hydrogens is 334 g/mol. The zero-order valence-corrected chi connectivity index (χ0v) is 14.5. The van der Waals surface area contributed by atoms with Crippen molar-refractivity contribution in [2.24, 2.45) is 5.92 Å². The zero-order valence-electron chi connectivity index (χ0n) is 12.9. The van der Waals surface area contributed by atoms with Gasteiger partial charge in [0.25, 0.3) is 5.91 Å². The molecule has 0 radical (unpaired) electrons. The van der Waals surface area contributed by atoms with Crippen molar-refractivity contribution in [1.82, 2.24) is 15.6 Å². The average molecular weight is 352 g/mol. The highest BCUT2D eigenvalue weighted by molar-refractivity contribution is 7.13. The van der Waals surface area contributed by atoms with Crippen LogP contribution < -0.4 is 10.6 Å². The van der Waals surface area contributed by atoms with Gasteiger partial charge in [-0.3, -0.25) is 9.59 Å². The molecule has 0 bridgehead atoms. The van der Waals surface area contributed by atoms with Gasteiger partial charge in [-0.25, -0.2) is 4.98 Å². The predicted octanol–water partition coefficient (Wildman–Crippen LogP) is 2.97. The molecule has 1 aromatic heterocycles. The molecule has 0 unspecified atom stereocenters. The molecule has 0 spiro atoms. The van der Waals surface area contributed by atoms with E-state index in [-0.39, 0.29) is 17.7 Å². The molecule has 23 heavy (non-hydrogen) atoms. The van der Waals surface area contributed by atoms with Crippen molar-refractivity contribution in [3.8, 4) is 10.6 Å². The van der Waals surface area contributed by atoms with E-state index in [0.717, 1.165) is 10.6 Å². The Hall–Kier alpha value is -1.92. The summed E-state index contributed by atoms with van der Waals surface area (Å²) in [6.45, 7) is 4.41. The van der Waals surface area contributed by atoms with Gasteiger partial charge >= 0.3 is 0 Å². The number of aromatic nitrogens is 1. The lowest BCUT2D eigenvalue weighted by atomic mass is 10.2. The van der Waals surface area contributed by atoms with Crippen LogP contribution in [0.1, 0.15) is 24.3 Å². The summed E-state index contributed by atoms with van der Waals surface area (Å²) in [7, 11) is 0. The Morgan fingerprint density at radius 3 is 2.48 bits per heavy atom. The largest absolute Gasteiger partial charge is 0.354 e. The molecule has 2 aromatic rings. The van der Waals surface area contributed by atoms with Crippen LogP contribution in [0.2, 0.25) is 5.02 Å². The third kappa shape index (κ3) is 5.04. The first kappa shape index (κ1) is 17.4. The lowest BCUT2D eigenvalue weighted by Gasteiger charge is -2.07. The smallest absolute Gasteiger partial charge is 0.270 e. The Balaban J connectivity index is 1.86. The van der Waals surface area contributed by atoms with Gasteiger partial charge in [-0.05, 0) is 12.1 Å². The van der Waals surface area contributed by atoms with E-state index in [4.69, 9.17) is 11.6 Å². The lowest BCUT2D eigenvalue weighted by molar-refractivity contribution is -0.123. The van der Waals surface area contributed by atoms with Crippen LogP contribution in [0.3, 0.4) is 0 Å². The van der Waals surface area contributed by atoms with Crippen molar-refractivity contribution in [3.63, 3.8) is 0 Å². The Bertz CT molecular complexity index is 683. The van der Waals surface area contributed by atoms with Crippen molar-refractivity contribution in [3.05, 3.63) is 40.4 Å². The third-order valence-corrected chi connectivity index (χ3v) is 4.21. The maximum atomic E-state index is 12.0. The summed E-state index contributed by atoms with van der Waals surface area (Å²) < 4.78 is 0. The summed E-state index contributed by atoms with van der Waals surface area (Å²) in [5.41, 5.74) is 1.29. The summed E-state index contributed by atoms with van der Waals surface area (Å²) in [6.07, 6.45) is 0. The van der Waals surface area contributed by atoms with Gasteiger partial charge in [0.1, 0.15) is 10.7 Å². The second kappa shape index (κ2) is 8.08. The van der Waals surface area contributed by atoms with E-state index in [1.165, 1.54) is 11.3 Å². The standard InChI is InChI=1S/C16H18ClN3O2S/c1-10(2)14(21)18-7-8-19-15(22)13-9-23-16(20-13)11-3-5-12(17)6-4-11/h3-6,9-10H,7-8H2,1-2H3,(H,18,21)(H,19,22). The summed E-state index contributed by atoms with van der Waals surface area (Å²) in [6, 6.07) is 7.31. The number of carbonyl (C=O) groups excluding carboxylic acids is 2. The number of benzene rings is 1. The fraction of sp³-hybridized carbons (Fsp3) is 0.312. The second-order valence-electron chi connectivity index (χ2n) is 5.25. The number of carbonyl (C=O) groups is 2. The molecule has 0 atom stereocenters. The van der Waals surface area contributed by atoms with E-state index in [0.29, 0.717) is 23.8 Å². The first-order valence-corrected chi connectivity index (χ1v) is 8.50. The van der Waals surface area contributed by atoms with E-state index in [9.17, 15) is 9.59 Å². The van der Waals surface area contributed by atoms with Crippen molar-refractivity contribution >= 4 is 34.8 Å². The minimum Gasteiger partial charge on any atom is -0.354 e. The van der Waals surface area contributed by atoms with Gasteiger partial charge in [-0.2, -0.15) is 0 Å². The normalized spacial score (nSPS) is 10.6. The fourth-order valence-corrected chi connectivity index (χ4v) is 2.69. The van der Waals surface area contributed by atoms with Gasteiger partial charge in [0.05, 0.1) is 0 Å². The molecule has 2 N–H and O–H groups in total. The van der Waals surface area contributed by atoms with E-state index in [2.05, 4.69) is 15.6 Å². The number of nitrogens with zero attached hydrogens (tertiary/aromatic N) is 1. The molecule has 1 aromatic carbocycles. The number of rotatable bonds is 6. The van der Waals surface area contributed by atoms with Crippen LogP contribution >= 0.6 is 22.9 Å². The van der Waals surface area contributed by atoms with Crippen LogP contribution in [0.15, 0.2) is 29.6 Å². The first-order valence-electron chi connectivity index (χ1n) is 7.24. The first-order chi connectivity index (χ1) is 11.0. The molecule has 0 saturated carbocycles. The molecule has 0 saturated heterocycles. The van der Waals surface area contributed by atoms with Gasteiger partial charge < -0.3 is 10.6 Å². The van der Waals surface area contributed by atoms with Gasteiger partial charge in [-0.15, -0.1) is 11.3 Å². The minimum absolute atomic E-state index is 0.0297. The van der Waals surface area contributed by atoms with Crippen molar-refractivity contribution in [2.75, 3.05) is 13.1 Å².